The number of para-hydroxylation sites is 1. The normalized spacial score (nSPS) is 11.8. The number of nitrogens with zero attached hydrogens (tertiary/aromatic N) is 2. The number of hydrogen-bond donors (Lipinski definition) is 0. The molecule has 0 aliphatic carbocycles. The third kappa shape index (κ3) is 2.69. The highest BCUT2D eigenvalue weighted by Crippen LogP contribution is 2.36. The van der Waals surface area contributed by atoms with Crippen molar-refractivity contribution in [1.82, 2.24) is 9.13 Å². The number of benzene rings is 5. The SMILES string of the molecule is Cn1c2ccccc2c2cc(-c3ccc4c(c3)c3cc(-c5ccccc5)ccc3n4C)ccc21. The lowest BCUT2D eigenvalue weighted by Gasteiger charge is -2.05. The molecule has 5 aromatic carbocycles. The average molecular weight is 437 g/mol. The summed E-state index contributed by atoms with van der Waals surface area (Å²) in [6, 6.07) is 39.8. The molecule has 7 aromatic rings. The Hall–Kier alpha value is -4.30. The van der Waals surface area contributed by atoms with Gasteiger partial charge in [-0.15, -0.1) is 0 Å². The van der Waals surface area contributed by atoms with Gasteiger partial charge in [0.2, 0.25) is 0 Å². The average Bonchev–Trinajstić information content (AvgIpc) is 3.35. The van der Waals surface area contributed by atoms with E-state index in [9.17, 15) is 0 Å². The number of rotatable bonds is 2. The third-order valence-electron chi connectivity index (χ3n) is 7.36. The topological polar surface area (TPSA) is 9.86 Å². The van der Waals surface area contributed by atoms with Crippen molar-refractivity contribution in [3.8, 4) is 22.3 Å². The van der Waals surface area contributed by atoms with E-state index in [2.05, 4.69) is 132 Å². The molecule has 2 aromatic heterocycles. The standard InChI is InChI=1S/C32H24N2/c1-33-29-11-7-6-10-25(29)26-19-23(13-16-30(26)33)24-14-17-32-28(20-24)27-18-22(12-15-31(27)34(32)2)21-8-4-3-5-9-21/h3-20H,1-2H3. The van der Waals surface area contributed by atoms with Crippen LogP contribution in [0.25, 0.3) is 65.9 Å². The van der Waals surface area contributed by atoms with Gasteiger partial charge in [0.05, 0.1) is 0 Å². The van der Waals surface area contributed by atoms with Crippen molar-refractivity contribution in [2.75, 3.05) is 0 Å². The Morgan fingerprint density at radius 1 is 0.353 bits per heavy atom. The van der Waals surface area contributed by atoms with E-state index in [4.69, 9.17) is 0 Å². The zero-order valence-electron chi connectivity index (χ0n) is 19.3. The molecule has 7 rings (SSSR count). The van der Waals surface area contributed by atoms with Gasteiger partial charge in [-0.3, -0.25) is 0 Å². The molecule has 2 heteroatoms. The fourth-order valence-corrected chi connectivity index (χ4v) is 5.56. The van der Waals surface area contributed by atoms with Crippen molar-refractivity contribution >= 4 is 43.6 Å². The molecule has 0 atom stereocenters. The van der Waals surface area contributed by atoms with Gasteiger partial charge in [0.1, 0.15) is 0 Å². The van der Waals surface area contributed by atoms with Crippen LogP contribution in [-0.4, -0.2) is 9.13 Å². The van der Waals surface area contributed by atoms with Crippen LogP contribution in [0.15, 0.2) is 109 Å². The van der Waals surface area contributed by atoms with Crippen LogP contribution in [0.2, 0.25) is 0 Å². The number of aryl methyl sites for hydroxylation is 2. The molecule has 0 aliphatic rings. The summed E-state index contributed by atoms with van der Waals surface area (Å²) >= 11 is 0. The maximum atomic E-state index is 2.36. The van der Waals surface area contributed by atoms with E-state index >= 15 is 0 Å². The first-order valence-electron chi connectivity index (χ1n) is 11.7. The molecule has 0 N–H and O–H groups in total. The molecular weight excluding hydrogens is 412 g/mol. The summed E-state index contributed by atoms with van der Waals surface area (Å²) in [5.41, 5.74) is 10.1. The second-order valence-electron chi connectivity index (χ2n) is 9.20. The first-order chi connectivity index (χ1) is 16.7. The van der Waals surface area contributed by atoms with E-state index in [-0.39, 0.29) is 0 Å². The van der Waals surface area contributed by atoms with Crippen LogP contribution >= 0.6 is 0 Å². The second kappa shape index (κ2) is 7.10. The molecule has 0 unspecified atom stereocenters. The molecule has 0 aliphatic heterocycles. The number of fused-ring (bicyclic) bond motifs is 6. The Kier molecular flexibility index (Phi) is 4.01. The van der Waals surface area contributed by atoms with Crippen molar-refractivity contribution in [2.24, 2.45) is 14.1 Å². The van der Waals surface area contributed by atoms with Gasteiger partial charge in [-0.05, 0) is 64.7 Å². The molecular formula is C32H24N2. The molecule has 2 nitrogen and oxygen atoms in total. The fourth-order valence-electron chi connectivity index (χ4n) is 5.56. The number of aromatic nitrogens is 2. The molecule has 0 radical (unpaired) electrons. The van der Waals surface area contributed by atoms with E-state index in [0.29, 0.717) is 0 Å². The highest BCUT2D eigenvalue weighted by Gasteiger charge is 2.13. The van der Waals surface area contributed by atoms with Crippen molar-refractivity contribution in [1.29, 1.82) is 0 Å². The van der Waals surface area contributed by atoms with E-state index in [1.165, 1.54) is 65.9 Å². The van der Waals surface area contributed by atoms with Gasteiger partial charge in [0, 0.05) is 57.7 Å². The van der Waals surface area contributed by atoms with Crippen LogP contribution in [0.1, 0.15) is 0 Å². The van der Waals surface area contributed by atoms with Crippen LogP contribution in [0.5, 0.6) is 0 Å². The van der Waals surface area contributed by atoms with Gasteiger partial charge in [-0.2, -0.15) is 0 Å². The smallest absolute Gasteiger partial charge is 0.0489 e. The van der Waals surface area contributed by atoms with E-state index in [1.54, 1.807) is 0 Å². The molecule has 34 heavy (non-hydrogen) atoms. The molecule has 0 spiro atoms. The summed E-state index contributed by atoms with van der Waals surface area (Å²) in [5.74, 6) is 0. The van der Waals surface area contributed by atoms with E-state index < -0.39 is 0 Å². The summed E-state index contributed by atoms with van der Waals surface area (Å²) in [6.45, 7) is 0. The van der Waals surface area contributed by atoms with E-state index in [0.717, 1.165) is 0 Å². The minimum absolute atomic E-state index is 1.25. The van der Waals surface area contributed by atoms with Gasteiger partial charge >= 0.3 is 0 Å². The van der Waals surface area contributed by atoms with Crippen LogP contribution in [0, 0.1) is 0 Å². The molecule has 0 fully saturated rings. The lowest BCUT2D eigenvalue weighted by Crippen LogP contribution is -1.87. The van der Waals surface area contributed by atoms with Crippen molar-refractivity contribution in [2.45, 2.75) is 0 Å². The Morgan fingerprint density at radius 3 is 1.32 bits per heavy atom. The Bertz CT molecular complexity index is 1870. The van der Waals surface area contributed by atoms with Gasteiger partial charge in [-0.25, -0.2) is 0 Å². The van der Waals surface area contributed by atoms with Gasteiger partial charge in [-0.1, -0.05) is 66.7 Å². The minimum Gasteiger partial charge on any atom is -0.344 e. The molecule has 162 valence electrons. The predicted molar refractivity (Wildman–Crippen MR) is 145 cm³/mol. The van der Waals surface area contributed by atoms with Crippen LogP contribution in [-0.2, 0) is 14.1 Å². The first-order valence-corrected chi connectivity index (χ1v) is 11.7. The molecule has 2 heterocycles. The molecule has 0 saturated heterocycles. The monoisotopic (exact) mass is 436 g/mol. The van der Waals surface area contributed by atoms with Crippen LogP contribution in [0.4, 0.5) is 0 Å². The summed E-state index contributed by atoms with van der Waals surface area (Å²) in [6.07, 6.45) is 0. The van der Waals surface area contributed by atoms with Crippen molar-refractivity contribution < 1.29 is 0 Å². The van der Waals surface area contributed by atoms with Gasteiger partial charge in [0.25, 0.3) is 0 Å². The fraction of sp³-hybridized carbons (Fsp3) is 0.0625. The van der Waals surface area contributed by atoms with Crippen LogP contribution < -0.4 is 0 Å². The zero-order chi connectivity index (χ0) is 22.8. The lowest BCUT2D eigenvalue weighted by atomic mass is 9.99. The maximum absolute atomic E-state index is 2.36. The maximum Gasteiger partial charge on any atom is 0.0489 e. The summed E-state index contributed by atoms with van der Waals surface area (Å²) in [5, 5.41) is 5.21. The van der Waals surface area contributed by atoms with Crippen molar-refractivity contribution in [3.05, 3.63) is 109 Å². The largest absolute Gasteiger partial charge is 0.344 e. The predicted octanol–water partition coefficient (Wildman–Crippen LogP) is 8.31. The molecule has 0 amide bonds. The van der Waals surface area contributed by atoms with Crippen molar-refractivity contribution in [3.63, 3.8) is 0 Å². The molecule has 0 bridgehead atoms. The molecule has 0 saturated carbocycles. The van der Waals surface area contributed by atoms with E-state index in [1.807, 2.05) is 0 Å². The third-order valence-corrected chi connectivity index (χ3v) is 7.36. The van der Waals surface area contributed by atoms with Gasteiger partial charge in [0.15, 0.2) is 0 Å². The highest BCUT2D eigenvalue weighted by molar-refractivity contribution is 6.12. The highest BCUT2D eigenvalue weighted by atomic mass is 14.9. The Labute approximate surface area is 198 Å². The van der Waals surface area contributed by atoms with Gasteiger partial charge < -0.3 is 9.13 Å². The Balaban J connectivity index is 1.45. The number of hydrogen-bond acceptors (Lipinski definition) is 0. The summed E-state index contributed by atoms with van der Waals surface area (Å²) in [7, 11) is 4.31. The van der Waals surface area contributed by atoms with Crippen LogP contribution in [0.3, 0.4) is 0 Å². The minimum atomic E-state index is 1.25. The quantitative estimate of drug-likeness (QED) is 0.258. The lowest BCUT2D eigenvalue weighted by molar-refractivity contribution is 1.01. The zero-order valence-corrected chi connectivity index (χ0v) is 19.3. The second-order valence-corrected chi connectivity index (χ2v) is 9.20. The summed E-state index contributed by atoms with van der Waals surface area (Å²) in [4.78, 5) is 0. The first kappa shape index (κ1) is 19.2. The summed E-state index contributed by atoms with van der Waals surface area (Å²) < 4.78 is 4.59. The Morgan fingerprint density at radius 2 is 0.765 bits per heavy atom.